The van der Waals surface area contributed by atoms with E-state index in [1.807, 2.05) is 25.6 Å². The summed E-state index contributed by atoms with van der Waals surface area (Å²) in [5.74, 6) is 2.29. The van der Waals surface area contributed by atoms with E-state index in [4.69, 9.17) is 0 Å². The number of hydrogen-bond donors (Lipinski definition) is 2. The van der Waals surface area contributed by atoms with Crippen LogP contribution in [0.4, 0.5) is 11.6 Å². The van der Waals surface area contributed by atoms with Gasteiger partial charge in [0.15, 0.2) is 5.82 Å². The first kappa shape index (κ1) is 12.7. The highest BCUT2D eigenvalue weighted by Gasteiger charge is 2.14. The van der Waals surface area contributed by atoms with E-state index in [0.717, 1.165) is 16.1 Å². The van der Waals surface area contributed by atoms with Crippen molar-refractivity contribution in [3.63, 3.8) is 0 Å². The van der Waals surface area contributed by atoms with E-state index in [1.54, 1.807) is 6.33 Å². The second-order valence-electron chi connectivity index (χ2n) is 3.80. The van der Waals surface area contributed by atoms with Gasteiger partial charge in [-0.05, 0) is 22.9 Å². The topological polar surface area (TPSA) is 80.6 Å². The Morgan fingerprint density at radius 3 is 2.67 bits per heavy atom. The van der Waals surface area contributed by atoms with Crippen molar-refractivity contribution < 1.29 is 0 Å². The van der Waals surface area contributed by atoms with Gasteiger partial charge in [-0.2, -0.15) is 0 Å². The van der Waals surface area contributed by atoms with Crippen LogP contribution in [0.3, 0.4) is 0 Å². The van der Waals surface area contributed by atoms with Crippen LogP contribution in [0.2, 0.25) is 0 Å². The molecule has 0 bridgehead atoms. The van der Waals surface area contributed by atoms with Crippen molar-refractivity contribution in [2.24, 2.45) is 7.05 Å². The smallest absolute Gasteiger partial charge is 0.154 e. The van der Waals surface area contributed by atoms with Crippen LogP contribution in [-0.4, -0.2) is 31.8 Å². The highest BCUT2D eigenvalue weighted by atomic mass is 79.9. The zero-order chi connectivity index (χ0) is 13.1. The van der Waals surface area contributed by atoms with E-state index in [0.29, 0.717) is 5.82 Å². The molecule has 0 aliphatic rings. The fraction of sp³-hybridized carbons (Fsp3) is 0.400. The van der Waals surface area contributed by atoms with E-state index in [1.165, 1.54) is 6.33 Å². The van der Waals surface area contributed by atoms with Crippen LogP contribution in [0.5, 0.6) is 0 Å². The average Bonchev–Trinajstić information content (AvgIpc) is 2.78. The second kappa shape index (κ2) is 5.30. The van der Waals surface area contributed by atoms with E-state index >= 15 is 0 Å². The Morgan fingerprint density at radius 2 is 2.06 bits per heavy atom. The third-order valence-corrected chi connectivity index (χ3v) is 3.26. The molecule has 0 radical (unpaired) electrons. The average molecular weight is 312 g/mol. The summed E-state index contributed by atoms with van der Waals surface area (Å²) in [6.07, 6.45) is 3.17. The number of rotatable bonds is 4. The standard InChI is InChI=1S/C10H14BrN7/c1-6(10-17-15-5-18(10)3)16-9-7(11)8(12-2)13-4-14-9/h4-6H,1-3H3,(H2,12,13,14,16). The molecule has 8 heteroatoms. The first-order valence-corrected chi connectivity index (χ1v) is 6.21. The van der Waals surface area contributed by atoms with Crippen LogP contribution in [-0.2, 0) is 7.05 Å². The third-order valence-electron chi connectivity index (χ3n) is 2.51. The van der Waals surface area contributed by atoms with Crippen LogP contribution < -0.4 is 10.6 Å². The second-order valence-corrected chi connectivity index (χ2v) is 4.59. The molecular formula is C10H14BrN7. The molecule has 0 aliphatic carbocycles. The minimum absolute atomic E-state index is 0.00611. The predicted molar refractivity (Wildman–Crippen MR) is 72.3 cm³/mol. The summed E-state index contributed by atoms with van der Waals surface area (Å²) in [6, 6.07) is -0.00611. The lowest BCUT2D eigenvalue weighted by Gasteiger charge is -2.15. The van der Waals surface area contributed by atoms with Crippen molar-refractivity contribution in [3.8, 4) is 0 Å². The maximum Gasteiger partial charge on any atom is 0.154 e. The van der Waals surface area contributed by atoms with Gasteiger partial charge in [0.2, 0.25) is 0 Å². The first-order valence-electron chi connectivity index (χ1n) is 5.42. The van der Waals surface area contributed by atoms with Crippen LogP contribution >= 0.6 is 15.9 Å². The molecule has 0 amide bonds. The van der Waals surface area contributed by atoms with Crippen molar-refractivity contribution >= 4 is 27.6 Å². The lowest BCUT2D eigenvalue weighted by molar-refractivity contribution is 0.715. The molecule has 7 nitrogen and oxygen atoms in total. The van der Waals surface area contributed by atoms with E-state index in [-0.39, 0.29) is 6.04 Å². The van der Waals surface area contributed by atoms with Crippen molar-refractivity contribution in [1.82, 2.24) is 24.7 Å². The molecule has 0 saturated carbocycles. The molecule has 96 valence electrons. The summed E-state index contributed by atoms with van der Waals surface area (Å²) in [5.41, 5.74) is 0. The predicted octanol–water partition coefficient (Wildman–Crippen LogP) is 1.58. The SMILES string of the molecule is CNc1ncnc(NC(C)c2nncn2C)c1Br. The maximum atomic E-state index is 4.20. The quantitative estimate of drug-likeness (QED) is 0.892. The van der Waals surface area contributed by atoms with Gasteiger partial charge >= 0.3 is 0 Å². The Hall–Kier alpha value is -1.70. The summed E-state index contributed by atoms with van der Waals surface area (Å²) < 4.78 is 2.66. The monoisotopic (exact) mass is 311 g/mol. The van der Waals surface area contributed by atoms with Crippen molar-refractivity contribution in [2.75, 3.05) is 17.7 Å². The Morgan fingerprint density at radius 1 is 1.33 bits per heavy atom. The van der Waals surface area contributed by atoms with Crippen LogP contribution in [0.15, 0.2) is 17.1 Å². The molecule has 18 heavy (non-hydrogen) atoms. The minimum atomic E-state index is -0.00611. The van der Waals surface area contributed by atoms with Gasteiger partial charge in [-0.3, -0.25) is 0 Å². The van der Waals surface area contributed by atoms with Gasteiger partial charge in [0.1, 0.15) is 28.8 Å². The molecule has 0 aliphatic heterocycles. The van der Waals surface area contributed by atoms with Crippen LogP contribution in [0.25, 0.3) is 0 Å². The molecule has 1 unspecified atom stereocenters. The van der Waals surface area contributed by atoms with Gasteiger partial charge in [0.05, 0.1) is 6.04 Å². The van der Waals surface area contributed by atoms with Crippen molar-refractivity contribution in [1.29, 1.82) is 0 Å². The molecule has 0 aromatic carbocycles. The van der Waals surface area contributed by atoms with Crippen LogP contribution in [0.1, 0.15) is 18.8 Å². The highest BCUT2D eigenvalue weighted by Crippen LogP contribution is 2.28. The summed E-state index contributed by atoms with van der Waals surface area (Å²) in [5, 5.41) is 14.2. The number of hydrogen-bond acceptors (Lipinski definition) is 6. The first-order chi connectivity index (χ1) is 8.63. The van der Waals surface area contributed by atoms with Crippen molar-refractivity contribution in [3.05, 3.63) is 23.0 Å². The molecule has 1 atom stereocenters. The minimum Gasteiger partial charge on any atom is -0.372 e. The number of aromatic nitrogens is 5. The molecule has 0 saturated heterocycles. The summed E-state index contributed by atoms with van der Waals surface area (Å²) >= 11 is 3.46. The normalized spacial score (nSPS) is 12.2. The third kappa shape index (κ3) is 2.42. The van der Waals surface area contributed by atoms with Crippen molar-refractivity contribution in [2.45, 2.75) is 13.0 Å². The maximum absolute atomic E-state index is 4.20. The molecule has 0 fully saturated rings. The molecular weight excluding hydrogens is 298 g/mol. The molecule has 2 N–H and O–H groups in total. The fourth-order valence-corrected chi connectivity index (χ4v) is 2.12. The number of aryl methyl sites for hydroxylation is 1. The van der Waals surface area contributed by atoms with E-state index < -0.39 is 0 Å². The largest absolute Gasteiger partial charge is 0.372 e. The summed E-state index contributed by atoms with van der Waals surface area (Å²) in [4.78, 5) is 8.30. The van der Waals surface area contributed by atoms with Crippen LogP contribution in [0, 0.1) is 0 Å². The van der Waals surface area contributed by atoms with Gasteiger partial charge in [-0.15, -0.1) is 10.2 Å². The molecule has 2 aromatic heterocycles. The molecule has 2 rings (SSSR count). The lowest BCUT2D eigenvalue weighted by Crippen LogP contribution is -2.13. The number of anilines is 2. The zero-order valence-corrected chi connectivity index (χ0v) is 11.9. The van der Waals surface area contributed by atoms with E-state index in [2.05, 4.69) is 46.7 Å². The Balaban J connectivity index is 2.22. The Labute approximate surface area is 113 Å². The van der Waals surface area contributed by atoms with Gasteiger partial charge in [0.25, 0.3) is 0 Å². The fourth-order valence-electron chi connectivity index (χ4n) is 1.60. The molecule has 0 spiro atoms. The van der Waals surface area contributed by atoms with Gasteiger partial charge in [-0.25, -0.2) is 9.97 Å². The Bertz CT molecular complexity index is 539. The summed E-state index contributed by atoms with van der Waals surface area (Å²) in [6.45, 7) is 2.00. The van der Waals surface area contributed by atoms with E-state index in [9.17, 15) is 0 Å². The number of halogens is 1. The summed E-state index contributed by atoms with van der Waals surface area (Å²) in [7, 11) is 3.71. The van der Waals surface area contributed by atoms with Gasteiger partial charge in [-0.1, -0.05) is 0 Å². The Kier molecular flexibility index (Phi) is 3.75. The number of nitrogens with zero attached hydrogens (tertiary/aromatic N) is 5. The number of nitrogens with one attached hydrogen (secondary N) is 2. The van der Waals surface area contributed by atoms with Gasteiger partial charge < -0.3 is 15.2 Å². The highest BCUT2D eigenvalue weighted by molar-refractivity contribution is 9.10. The lowest BCUT2D eigenvalue weighted by atomic mass is 10.3. The molecule has 2 heterocycles. The van der Waals surface area contributed by atoms with Gasteiger partial charge in [0, 0.05) is 14.1 Å². The molecule has 2 aromatic rings. The zero-order valence-electron chi connectivity index (χ0n) is 10.3.